The van der Waals surface area contributed by atoms with Crippen molar-refractivity contribution < 1.29 is 9.53 Å². The number of hydrogen-bond donors (Lipinski definition) is 0. The molecule has 2 aromatic rings. The summed E-state index contributed by atoms with van der Waals surface area (Å²) in [6.45, 7) is 3.74. The van der Waals surface area contributed by atoms with E-state index in [-0.39, 0.29) is 11.9 Å². The smallest absolute Gasteiger partial charge is 0.245 e. The summed E-state index contributed by atoms with van der Waals surface area (Å²) in [5.41, 5.74) is 2.31. The van der Waals surface area contributed by atoms with E-state index >= 15 is 0 Å². The molecule has 1 saturated heterocycles. The number of aromatic nitrogens is 1. The molecule has 2 aromatic heterocycles. The second-order valence-electron chi connectivity index (χ2n) is 7.04. The quantitative estimate of drug-likeness (QED) is 0.824. The van der Waals surface area contributed by atoms with Gasteiger partial charge in [-0.3, -0.25) is 4.79 Å². The van der Waals surface area contributed by atoms with Crippen LogP contribution in [0, 0.1) is 5.92 Å². The molecule has 2 fully saturated rings. The maximum Gasteiger partial charge on any atom is 0.245 e. The molecule has 0 bridgehead atoms. The van der Waals surface area contributed by atoms with Gasteiger partial charge in [0.2, 0.25) is 5.91 Å². The van der Waals surface area contributed by atoms with Gasteiger partial charge in [0, 0.05) is 37.0 Å². The van der Waals surface area contributed by atoms with Crippen molar-refractivity contribution in [3.63, 3.8) is 0 Å². The van der Waals surface area contributed by atoms with E-state index in [0.29, 0.717) is 26.3 Å². The lowest BCUT2D eigenvalue weighted by Gasteiger charge is -2.33. The summed E-state index contributed by atoms with van der Waals surface area (Å²) in [4.78, 5) is 22.3. The van der Waals surface area contributed by atoms with E-state index in [0.717, 1.165) is 29.6 Å². The Morgan fingerprint density at radius 3 is 2.88 bits per heavy atom. The Hall–Kier alpha value is -1.44. The first kappa shape index (κ1) is 15.8. The van der Waals surface area contributed by atoms with Crippen LogP contribution in [-0.4, -0.2) is 54.7 Å². The Morgan fingerprint density at radius 2 is 2.16 bits per heavy atom. The van der Waals surface area contributed by atoms with Crippen molar-refractivity contribution in [2.24, 2.45) is 5.92 Å². The third-order valence-corrected chi connectivity index (χ3v) is 7.10. The van der Waals surface area contributed by atoms with Gasteiger partial charge in [-0.1, -0.05) is 11.3 Å². The van der Waals surface area contributed by atoms with Crippen LogP contribution in [0.1, 0.15) is 18.5 Å². The van der Waals surface area contributed by atoms with Crippen molar-refractivity contribution in [2.75, 3.05) is 37.7 Å². The fourth-order valence-electron chi connectivity index (χ4n) is 3.65. The summed E-state index contributed by atoms with van der Waals surface area (Å²) < 4.78 is 5.40. The molecule has 0 radical (unpaired) electrons. The van der Waals surface area contributed by atoms with E-state index in [1.165, 1.54) is 23.4 Å². The molecule has 1 atom stereocenters. The summed E-state index contributed by atoms with van der Waals surface area (Å²) in [5, 5.41) is 6.55. The van der Waals surface area contributed by atoms with Crippen LogP contribution in [0.4, 0.5) is 5.00 Å². The molecular weight excluding hydrogens is 354 g/mol. The van der Waals surface area contributed by atoms with E-state index in [1.807, 2.05) is 4.90 Å². The number of ether oxygens (including phenoxy) is 1. The maximum absolute atomic E-state index is 13.1. The molecule has 5 nitrogen and oxygen atoms in total. The Bertz CT molecular complexity index is 763. The van der Waals surface area contributed by atoms with E-state index in [4.69, 9.17) is 9.72 Å². The lowest BCUT2D eigenvalue weighted by atomic mass is 10.1. The number of carbonyl (C=O) groups excluding carboxylic acids is 1. The average Bonchev–Trinajstić information content (AvgIpc) is 3.02. The van der Waals surface area contributed by atoms with E-state index < -0.39 is 0 Å². The summed E-state index contributed by atoms with van der Waals surface area (Å²) in [6, 6.07) is 2.06. The van der Waals surface area contributed by atoms with Gasteiger partial charge in [0.25, 0.3) is 0 Å². The predicted molar refractivity (Wildman–Crippen MR) is 100 cm³/mol. The first-order valence-electron chi connectivity index (χ1n) is 8.95. The van der Waals surface area contributed by atoms with Crippen LogP contribution in [0.15, 0.2) is 16.8 Å². The average molecular weight is 376 g/mol. The SMILES string of the molecule is O=C([C@@H]1Cc2nc(-c3ccsc3)sc2N1CC1CC1)N1CCOCC1. The highest BCUT2D eigenvalue weighted by molar-refractivity contribution is 7.19. The van der Waals surface area contributed by atoms with Crippen molar-refractivity contribution in [2.45, 2.75) is 25.3 Å². The summed E-state index contributed by atoms with van der Waals surface area (Å²) in [7, 11) is 0. The molecule has 5 rings (SSSR count). The van der Waals surface area contributed by atoms with Gasteiger partial charge >= 0.3 is 0 Å². The standard InChI is InChI=1S/C18H21N3O2S2/c22-17(20-4-6-23-7-5-20)15-9-14-18(21(15)10-12-1-2-12)25-16(19-14)13-3-8-24-11-13/h3,8,11-12,15H,1-2,4-7,9-10H2/t15-/m0/s1. The van der Waals surface area contributed by atoms with Crippen LogP contribution >= 0.6 is 22.7 Å². The van der Waals surface area contributed by atoms with E-state index in [9.17, 15) is 4.79 Å². The molecule has 2 aliphatic heterocycles. The summed E-state index contributed by atoms with van der Waals surface area (Å²) in [5.74, 6) is 1.00. The molecular formula is C18H21N3O2S2. The predicted octanol–water partition coefficient (Wildman–Crippen LogP) is 2.87. The van der Waals surface area contributed by atoms with Gasteiger partial charge in [-0.15, -0.1) is 0 Å². The van der Waals surface area contributed by atoms with Crippen LogP contribution in [0.3, 0.4) is 0 Å². The zero-order valence-corrected chi connectivity index (χ0v) is 15.7. The molecule has 0 N–H and O–H groups in total. The zero-order valence-electron chi connectivity index (χ0n) is 14.0. The number of hydrogen-bond acceptors (Lipinski definition) is 6. The number of rotatable bonds is 4. The second kappa shape index (κ2) is 6.37. The Labute approximate surface area is 155 Å². The zero-order chi connectivity index (χ0) is 16.8. The van der Waals surface area contributed by atoms with Crippen molar-refractivity contribution >= 4 is 33.6 Å². The van der Waals surface area contributed by atoms with Gasteiger partial charge in [-0.2, -0.15) is 11.3 Å². The number of morpholine rings is 1. The van der Waals surface area contributed by atoms with Gasteiger partial charge in [-0.25, -0.2) is 4.98 Å². The molecule has 1 saturated carbocycles. The van der Waals surface area contributed by atoms with Crippen molar-refractivity contribution in [1.29, 1.82) is 0 Å². The van der Waals surface area contributed by atoms with E-state index in [1.54, 1.807) is 22.7 Å². The highest BCUT2D eigenvalue weighted by atomic mass is 32.1. The molecule has 1 amide bonds. The van der Waals surface area contributed by atoms with Gasteiger partial charge < -0.3 is 14.5 Å². The largest absolute Gasteiger partial charge is 0.378 e. The lowest BCUT2D eigenvalue weighted by Crippen LogP contribution is -2.51. The maximum atomic E-state index is 13.1. The summed E-state index contributed by atoms with van der Waals surface area (Å²) >= 11 is 3.45. The third kappa shape index (κ3) is 2.98. The minimum atomic E-state index is -0.0658. The molecule has 0 aromatic carbocycles. The Kier molecular flexibility index (Phi) is 4.03. The molecule has 0 spiro atoms. The van der Waals surface area contributed by atoms with E-state index in [2.05, 4.69) is 21.7 Å². The first-order chi connectivity index (χ1) is 12.3. The highest BCUT2D eigenvalue weighted by Gasteiger charge is 2.41. The number of nitrogens with zero attached hydrogens (tertiary/aromatic N) is 3. The minimum Gasteiger partial charge on any atom is -0.378 e. The van der Waals surface area contributed by atoms with Crippen LogP contribution in [-0.2, 0) is 16.0 Å². The fraction of sp³-hybridized carbons (Fsp3) is 0.556. The fourth-order valence-corrected chi connectivity index (χ4v) is 5.51. The number of thiazole rings is 1. The number of anilines is 1. The summed E-state index contributed by atoms with van der Waals surface area (Å²) in [6.07, 6.45) is 3.33. The molecule has 7 heteroatoms. The molecule has 25 heavy (non-hydrogen) atoms. The minimum absolute atomic E-state index is 0.0658. The van der Waals surface area contributed by atoms with Crippen LogP contribution in [0.5, 0.6) is 0 Å². The topological polar surface area (TPSA) is 45.7 Å². The van der Waals surface area contributed by atoms with Gasteiger partial charge in [0.1, 0.15) is 16.1 Å². The van der Waals surface area contributed by atoms with Crippen molar-refractivity contribution in [1.82, 2.24) is 9.88 Å². The Balaban J connectivity index is 1.42. The second-order valence-corrected chi connectivity index (χ2v) is 8.79. The number of thiophene rings is 1. The highest BCUT2D eigenvalue weighted by Crippen LogP contribution is 2.44. The number of fused-ring (bicyclic) bond motifs is 1. The van der Waals surface area contributed by atoms with Crippen LogP contribution in [0.25, 0.3) is 10.6 Å². The van der Waals surface area contributed by atoms with Crippen molar-refractivity contribution in [3.05, 3.63) is 22.5 Å². The van der Waals surface area contributed by atoms with Crippen molar-refractivity contribution in [3.8, 4) is 10.6 Å². The molecule has 132 valence electrons. The van der Waals surface area contributed by atoms with Gasteiger partial charge in [0.15, 0.2) is 0 Å². The number of carbonyl (C=O) groups is 1. The van der Waals surface area contributed by atoms with Crippen LogP contribution < -0.4 is 4.90 Å². The lowest BCUT2D eigenvalue weighted by molar-refractivity contribution is -0.136. The molecule has 4 heterocycles. The number of amides is 1. The Morgan fingerprint density at radius 1 is 1.32 bits per heavy atom. The molecule has 3 aliphatic rings. The normalized spacial score (nSPS) is 23.1. The molecule has 0 unspecified atom stereocenters. The first-order valence-corrected chi connectivity index (χ1v) is 10.7. The van der Waals surface area contributed by atoms with Gasteiger partial charge in [0.05, 0.1) is 18.9 Å². The third-order valence-electron chi connectivity index (χ3n) is 5.23. The monoisotopic (exact) mass is 375 g/mol. The van der Waals surface area contributed by atoms with Gasteiger partial charge in [-0.05, 0) is 30.2 Å². The molecule has 1 aliphatic carbocycles. The van der Waals surface area contributed by atoms with Crippen LogP contribution in [0.2, 0.25) is 0 Å².